The maximum atomic E-state index is 3.40. The van der Waals surface area contributed by atoms with E-state index in [9.17, 15) is 0 Å². The summed E-state index contributed by atoms with van der Waals surface area (Å²) in [4.78, 5) is 4.82. The van der Waals surface area contributed by atoms with Crippen LogP contribution in [0.15, 0.2) is 0 Å². The summed E-state index contributed by atoms with van der Waals surface area (Å²) in [5.41, 5.74) is 0. The first-order valence-electron chi connectivity index (χ1n) is 4.93. The molecule has 4 heteroatoms. The van der Waals surface area contributed by atoms with E-state index in [2.05, 4.69) is 51.8 Å². The molecule has 1 N–H and O–H groups in total. The van der Waals surface area contributed by atoms with Crippen molar-refractivity contribution < 1.29 is 0 Å². The lowest BCUT2D eigenvalue weighted by Crippen LogP contribution is -2.48. The number of nitrogens with one attached hydrogen (secondary N) is 1. The van der Waals surface area contributed by atoms with Crippen LogP contribution in [0.4, 0.5) is 0 Å². The largest absolute Gasteiger partial charge is 0.313 e. The minimum Gasteiger partial charge on any atom is -0.313 e. The first kappa shape index (κ1) is 11.7. The van der Waals surface area contributed by atoms with Crippen LogP contribution in [0, 0.1) is 0 Å². The normalized spacial score (nSPS) is 25.4. The van der Waals surface area contributed by atoms with Crippen molar-refractivity contribution in [3.05, 3.63) is 0 Å². The van der Waals surface area contributed by atoms with E-state index in [0.29, 0.717) is 4.05 Å². The quantitative estimate of drug-likeness (QED) is 0.466. The summed E-state index contributed by atoms with van der Waals surface area (Å²) in [6.07, 6.45) is 1.28. The van der Waals surface area contributed by atoms with E-state index in [1.807, 2.05) is 0 Å². The molecule has 0 spiro atoms. The fourth-order valence-corrected chi connectivity index (χ4v) is 2.42. The van der Waals surface area contributed by atoms with Gasteiger partial charge in [-0.1, -0.05) is 22.6 Å². The first-order valence-corrected chi connectivity index (χ1v) is 6.18. The van der Waals surface area contributed by atoms with Gasteiger partial charge in [0.05, 0.1) is 4.05 Å². The van der Waals surface area contributed by atoms with E-state index in [0.717, 1.165) is 13.1 Å². The van der Waals surface area contributed by atoms with E-state index >= 15 is 0 Å². The lowest BCUT2D eigenvalue weighted by Gasteiger charge is -2.32. The molecule has 0 radical (unpaired) electrons. The molecule has 78 valence electrons. The minimum absolute atomic E-state index is 0.688. The maximum absolute atomic E-state index is 3.40. The molecule has 1 heterocycles. The van der Waals surface area contributed by atoms with Gasteiger partial charge in [-0.3, -0.25) is 4.90 Å². The second kappa shape index (κ2) is 6.16. The molecule has 1 unspecified atom stereocenters. The lowest BCUT2D eigenvalue weighted by molar-refractivity contribution is 0.217. The second-order valence-electron chi connectivity index (χ2n) is 3.83. The molecule has 1 aliphatic heterocycles. The van der Waals surface area contributed by atoms with Crippen molar-refractivity contribution in [1.82, 2.24) is 15.1 Å². The Kier molecular flexibility index (Phi) is 5.54. The van der Waals surface area contributed by atoms with Gasteiger partial charge in [0.2, 0.25) is 0 Å². The number of rotatable bonds is 4. The summed E-state index contributed by atoms with van der Waals surface area (Å²) in [6, 6.07) is 0. The van der Waals surface area contributed by atoms with Crippen molar-refractivity contribution in [1.29, 1.82) is 0 Å². The molecule has 0 aliphatic carbocycles. The Labute approximate surface area is 95.0 Å². The highest BCUT2D eigenvalue weighted by molar-refractivity contribution is 14.1. The summed E-state index contributed by atoms with van der Waals surface area (Å²) in [5.74, 6) is 0. The van der Waals surface area contributed by atoms with Crippen molar-refractivity contribution >= 4 is 22.6 Å². The molecule has 0 aromatic rings. The molecule has 13 heavy (non-hydrogen) atoms. The zero-order chi connectivity index (χ0) is 9.68. The van der Waals surface area contributed by atoms with Gasteiger partial charge in [-0.2, -0.15) is 0 Å². The lowest BCUT2D eigenvalue weighted by atomic mass is 10.3. The molecule has 1 atom stereocenters. The highest BCUT2D eigenvalue weighted by atomic mass is 127. The number of alkyl halides is 1. The summed E-state index contributed by atoms with van der Waals surface area (Å²) < 4.78 is 0.688. The van der Waals surface area contributed by atoms with Gasteiger partial charge < -0.3 is 10.2 Å². The van der Waals surface area contributed by atoms with Gasteiger partial charge in [0.1, 0.15) is 0 Å². The van der Waals surface area contributed by atoms with Gasteiger partial charge in [0.25, 0.3) is 0 Å². The van der Waals surface area contributed by atoms with Crippen LogP contribution in [0.25, 0.3) is 0 Å². The van der Waals surface area contributed by atoms with Gasteiger partial charge >= 0.3 is 0 Å². The summed E-state index contributed by atoms with van der Waals surface area (Å²) >= 11 is 2.53. The molecule has 1 aliphatic rings. The summed E-state index contributed by atoms with van der Waals surface area (Å²) in [5, 5.41) is 3.40. The van der Waals surface area contributed by atoms with Crippen LogP contribution in [0.3, 0.4) is 0 Å². The van der Waals surface area contributed by atoms with Gasteiger partial charge in [-0.05, 0) is 27.1 Å². The maximum Gasteiger partial charge on any atom is 0.0745 e. The Hall–Kier alpha value is 0.610. The molecule has 0 amide bonds. The zero-order valence-corrected chi connectivity index (χ0v) is 10.7. The monoisotopic (exact) mass is 297 g/mol. The van der Waals surface area contributed by atoms with E-state index in [1.54, 1.807) is 0 Å². The fourth-order valence-electron chi connectivity index (χ4n) is 1.55. The van der Waals surface area contributed by atoms with E-state index < -0.39 is 0 Å². The minimum atomic E-state index is 0.688. The number of nitrogens with zero attached hydrogens (tertiary/aromatic N) is 2. The van der Waals surface area contributed by atoms with Crippen LogP contribution in [-0.4, -0.2) is 60.7 Å². The number of piperazine rings is 1. The Balaban J connectivity index is 2.11. The molecule has 1 rings (SSSR count). The van der Waals surface area contributed by atoms with E-state index in [4.69, 9.17) is 0 Å². The average Bonchev–Trinajstić information content (AvgIpc) is 2.08. The van der Waals surface area contributed by atoms with Crippen molar-refractivity contribution in [2.45, 2.75) is 10.5 Å². The van der Waals surface area contributed by atoms with Crippen molar-refractivity contribution in [3.63, 3.8) is 0 Å². The number of halogens is 1. The van der Waals surface area contributed by atoms with Crippen molar-refractivity contribution in [3.8, 4) is 0 Å². The van der Waals surface area contributed by atoms with E-state index in [1.165, 1.54) is 26.1 Å². The Morgan fingerprint density at radius 1 is 1.54 bits per heavy atom. The van der Waals surface area contributed by atoms with Gasteiger partial charge in [0, 0.05) is 26.2 Å². The predicted molar refractivity (Wildman–Crippen MR) is 65.4 cm³/mol. The van der Waals surface area contributed by atoms with Gasteiger partial charge in [-0.15, -0.1) is 0 Å². The van der Waals surface area contributed by atoms with Crippen molar-refractivity contribution in [2.24, 2.45) is 0 Å². The third-order valence-corrected chi connectivity index (χ3v) is 3.56. The second-order valence-corrected chi connectivity index (χ2v) is 5.27. The van der Waals surface area contributed by atoms with Crippen molar-refractivity contribution in [2.75, 3.05) is 46.8 Å². The van der Waals surface area contributed by atoms with Crippen LogP contribution >= 0.6 is 22.6 Å². The SMILES string of the molecule is CN(C)CCCN1CCNCC1I. The molecule has 3 nitrogen and oxygen atoms in total. The molecule has 0 aromatic carbocycles. The highest BCUT2D eigenvalue weighted by Gasteiger charge is 2.17. The van der Waals surface area contributed by atoms with Crippen LogP contribution in [0.1, 0.15) is 6.42 Å². The highest BCUT2D eigenvalue weighted by Crippen LogP contribution is 2.10. The molecule has 1 fully saturated rings. The molecular formula is C9H20IN3. The van der Waals surface area contributed by atoms with Crippen LogP contribution < -0.4 is 5.32 Å². The molecule has 1 saturated heterocycles. The van der Waals surface area contributed by atoms with Gasteiger partial charge in [-0.25, -0.2) is 0 Å². The van der Waals surface area contributed by atoms with Crippen LogP contribution in [0.5, 0.6) is 0 Å². The standard InChI is InChI=1S/C9H20IN3/c1-12(2)5-3-6-13-7-4-11-8-9(13)10/h9,11H,3-8H2,1-2H3. The van der Waals surface area contributed by atoms with Crippen LogP contribution in [-0.2, 0) is 0 Å². The molecular weight excluding hydrogens is 277 g/mol. The Bertz CT molecular complexity index is 141. The summed E-state index contributed by atoms with van der Waals surface area (Å²) in [7, 11) is 4.28. The Morgan fingerprint density at radius 3 is 2.92 bits per heavy atom. The Morgan fingerprint density at radius 2 is 2.31 bits per heavy atom. The average molecular weight is 297 g/mol. The van der Waals surface area contributed by atoms with E-state index in [-0.39, 0.29) is 0 Å². The third kappa shape index (κ3) is 4.58. The first-order chi connectivity index (χ1) is 6.20. The fraction of sp³-hybridized carbons (Fsp3) is 1.00. The number of hydrogen-bond donors (Lipinski definition) is 1. The van der Waals surface area contributed by atoms with Crippen LogP contribution in [0.2, 0.25) is 0 Å². The zero-order valence-electron chi connectivity index (χ0n) is 8.59. The molecule has 0 saturated carbocycles. The topological polar surface area (TPSA) is 18.5 Å². The van der Waals surface area contributed by atoms with Gasteiger partial charge in [0.15, 0.2) is 0 Å². The predicted octanol–water partition coefficient (Wildman–Crippen LogP) is 0.604. The third-order valence-electron chi connectivity index (χ3n) is 2.34. The molecule has 0 bridgehead atoms. The smallest absolute Gasteiger partial charge is 0.0745 e. The number of hydrogen-bond acceptors (Lipinski definition) is 3. The molecule has 0 aromatic heterocycles. The summed E-state index contributed by atoms with van der Waals surface area (Å²) in [6.45, 7) is 5.95.